The van der Waals surface area contributed by atoms with Gasteiger partial charge in [0.2, 0.25) is 15.9 Å². The summed E-state index contributed by atoms with van der Waals surface area (Å²) < 4.78 is 33.8. The summed E-state index contributed by atoms with van der Waals surface area (Å²) in [6.07, 6.45) is 3.17. The second kappa shape index (κ2) is 8.69. The number of anilines is 1. The van der Waals surface area contributed by atoms with Gasteiger partial charge in [-0.1, -0.05) is 15.9 Å². The molecule has 2 aromatic carbocycles. The topological polar surface area (TPSA) is 66.9 Å². The third-order valence-electron chi connectivity index (χ3n) is 5.86. The van der Waals surface area contributed by atoms with Crippen molar-refractivity contribution in [1.82, 2.24) is 4.31 Å². The Morgan fingerprint density at radius 3 is 2.60 bits per heavy atom. The molecular weight excluding hydrogens is 468 g/mol. The Morgan fingerprint density at radius 2 is 1.87 bits per heavy atom. The first-order chi connectivity index (χ1) is 14.4. The average molecular weight is 493 g/mol. The highest BCUT2D eigenvalue weighted by atomic mass is 79.9. The van der Waals surface area contributed by atoms with Crippen molar-refractivity contribution in [2.45, 2.75) is 30.6 Å². The van der Waals surface area contributed by atoms with Crippen molar-refractivity contribution in [3.8, 4) is 5.75 Å². The molecule has 1 atom stereocenters. The number of carbonyl (C=O) groups is 1. The molecule has 1 amide bonds. The monoisotopic (exact) mass is 492 g/mol. The lowest BCUT2D eigenvalue weighted by Gasteiger charge is -2.36. The van der Waals surface area contributed by atoms with Gasteiger partial charge in [-0.3, -0.25) is 4.79 Å². The number of ether oxygens (including phenoxy) is 1. The van der Waals surface area contributed by atoms with Crippen molar-refractivity contribution < 1.29 is 17.9 Å². The van der Waals surface area contributed by atoms with Crippen LogP contribution in [0.25, 0.3) is 0 Å². The Hall–Kier alpha value is -1.90. The van der Waals surface area contributed by atoms with E-state index in [0.29, 0.717) is 25.9 Å². The van der Waals surface area contributed by atoms with E-state index in [1.54, 1.807) is 31.4 Å². The zero-order chi connectivity index (χ0) is 21.3. The molecule has 160 valence electrons. The van der Waals surface area contributed by atoms with Gasteiger partial charge in [-0.15, -0.1) is 0 Å². The molecule has 2 aliphatic heterocycles. The van der Waals surface area contributed by atoms with Crippen LogP contribution < -0.4 is 9.64 Å². The van der Waals surface area contributed by atoms with Crippen molar-refractivity contribution in [2.75, 3.05) is 31.6 Å². The Bertz CT molecular complexity index is 1040. The van der Waals surface area contributed by atoms with Gasteiger partial charge in [0.1, 0.15) is 5.75 Å². The fourth-order valence-corrected chi connectivity index (χ4v) is 6.06. The molecule has 0 saturated carbocycles. The van der Waals surface area contributed by atoms with Crippen molar-refractivity contribution in [2.24, 2.45) is 5.92 Å². The van der Waals surface area contributed by atoms with E-state index >= 15 is 0 Å². The van der Waals surface area contributed by atoms with Gasteiger partial charge in [0.15, 0.2) is 0 Å². The third-order valence-corrected chi connectivity index (χ3v) is 8.26. The number of amides is 1. The van der Waals surface area contributed by atoms with Crippen LogP contribution in [-0.2, 0) is 21.2 Å². The largest absolute Gasteiger partial charge is 0.497 e. The van der Waals surface area contributed by atoms with Gasteiger partial charge < -0.3 is 9.64 Å². The predicted molar refractivity (Wildman–Crippen MR) is 119 cm³/mol. The van der Waals surface area contributed by atoms with E-state index in [9.17, 15) is 13.2 Å². The van der Waals surface area contributed by atoms with E-state index in [2.05, 4.69) is 15.9 Å². The number of piperidine rings is 1. The molecule has 0 bridgehead atoms. The lowest BCUT2D eigenvalue weighted by atomic mass is 9.95. The van der Waals surface area contributed by atoms with E-state index in [1.165, 1.54) is 4.31 Å². The van der Waals surface area contributed by atoms with Gasteiger partial charge in [0.05, 0.1) is 17.9 Å². The minimum atomic E-state index is -3.62. The summed E-state index contributed by atoms with van der Waals surface area (Å²) in [4.78, 5) is 15.5. The maximum atomic E-state index is 13.4. The maximum absolute atomic E-state index is 13.4. The zero-order valence-electron chi connectivity index (χ0n) is 16.9. The van der Waals surface area contributed by atoms with Crippen LogP contribution in [0.2, 0.25) is 0 Å². The Labute approximate surface area is 186 Å². The molecule has 0 radical (unpaired) electrons. The molecule has 4 rings (SSSR count). The fourth-order valence-electron chi connectivity index (χ4n) is 4.27. The van der Waals surface area contributed by atoms with Crippen molar-refractivity contribution >= 4 is 37.5 Å². The lowest BCUT2D eigenvalue weighted by molar-refractivity contribution is -0.123. The quantitative estimate of drug-likeness (QED) is 0.650. The summed E-state index contributed by atoms with van der Waals surface area (Å²) in [5.74, 6) is 0.460. The second-order valence-corrected chi connectivity index (χ2v) is 10.6. The van der Waals surface area contributed by atoms with Crippen molar-refractivity contribution in [1.29, 1.82) is 0 Å². The van der Waals surface area contributed by atoms with Gasteiger partial charge in [-0.05, 0) is 73.7 Å². The number of halogens is 1. The van der Waals surface area contributed by atoms with E-state index in [0.717, 1.165) is 34.3 Å². The third kappa shape index (κ3) is 4.13. The number of rotatable bonds is 4. The number of methoxy groups -OCH3 is 1. The highest BCUT2D eigenvalue weighted by Gasteiger charge is 2.36. The van der Waals surface area contributed by atoms with Crippen LogP contribution in [0.1, 0.15) is 24.8 Å². The average Bonchev–Trinajstić information content (AvgIpc) is 2.78. The van der Waals surface area contributed by atoms with Gasteiger partial charge in [-0.25, -0.2) is 8.42 Å². The number of benzene rings is 2. The van der Waals surface area contributed by atoms with Crippen molar-refractivity contribution in [3.63, 3.8) is 0 Å². The molecule has 1 fully saturated rings. The number of aryl methyl sites for hydroxylation is 1. The van der Waals surface area contributed by atoms with Crippen molar-refractivity contribution in [3.05, 3.63) is 52.5 Å². The molecular formula is C22H25BrN2O4S. The Balaban J connectivity index is 1.54. The van der Waals surface area contributed by atoms with Gasteiger partial charge in [-0.2, -0.15) is 4.31 Å². The number of hydrogen-bond acceptors (Lipinski definition) is 4. The van der Waals surface area contributed by atoms with E-state index < -0.39 is 10.0 Å². The molecule has 8 heteroatoms. The first-order valence-corrected chi connectivity index (χ1v) is 12.4. The fraction of sp³-hybridized carbons (Fsp3) is 0.409. The van der Waals surface area contributed by atoms with Crippen LogP contribution in [-0.4, -0.2) is 45.4 Å². The minimum Gasteiger partial charge on any atom is -0.497 e. The molecule has 0 aromatic heterocycles. The molecule has 0 spiro atoms. The molecule has 2 heterocycles. The van der Waals surface area contributed by atoms with Gasteiger partial charge in [0, 0.05) is 29.8 Å². The van der Waals surface area contributed by atoms with E-state index in [1.807, 2.05) is 23.1 Å². The van der Waals surface area contributed by atoms with E-state index in [4.69, 9.17) is 4.74 Å². The van der Waals surface area contributed by atoms with Gasteiger partial charge in [0.25, 0.3) is 0 Å². The number of nitrogens with zero attached hydrogens (tertiary/aromatic N) is 2. The number of hydrogen-bond donors (Lipinski definition) is 0. The standard InChI is InChI=1S/C22H25BrN2O4S/c1-29-19-8-11-21-16(14-19)4-3-13-25(21)22(26)17-5-2-12-24(15-17)30(27,28)20-9-6-18(23)7-10-20/h6-11,14,17H,2-5,12-13,15H2,1H3. The Morgan fingerprint density at radius 1 is 1.10 bits per heavy atom. The van der Waals surface area contributed by atoms with Crippen LogP contribution in [0, 0.1) is 5.92 Å². The summed E-state index contributed by atoms with van der Waals surface area (Å²) in [5, 5.41) is 0. The molecule has 30 heavy (non-hydrogen) atoms. The lowest BCUT2D eigenvalue weighted by Crippen LogP contribution is -2.48. The maximum Gasteiger partial charge on any atom is 0.243 e. The zero-order valence-corrected chi connectivity index (χ0v) is 19.3. The SMILES string of the molecule is COc1ccc2c(c1)CCCN2C(=O)C1CCCN(S(=O)(=O)c2ccc(Br)cc2)C1. The first-order valence-electron chi connectivity index (χ1n) is 10.1. The summed E-state index contributed by atoms with van der Waals surface area (Å²) in [6.45, 7) is 1.32. The minimum absolute atomic E-state index is 0.0109. The van der Waals surface area contributed by atoms with Gasteiger partial charge >= 0.3 is 0 Å². The molecule has 0 aliphatic carbocycles. The number of carbonyl (C=O) groups excluding carboxylic acids is 1. The second-order valence-electron chi connectivity index (χ2n) is 7.74. The summed E-state index contributed by atoms with van der Waals surface area (Å²) in [5.41, 5.74) is 2.02. The van der Waals surface area contributed by atoms with Crippen LogP contribution in [0.3, 0.4) is 0 Å². The van der Waals surface area contributed by atoms with Crippen LogP contribution >= 0.6 is 15.9 Å². The smallest absolute Gasteiger partial charge is 0.243 e. The Kier molecular flexibility index (Phi) is 6.18. The van der Waals surface area contributed by atoms with Crippen LogP contribution in [0.4, 0.5) is 5.69 Å². The molecule has 2 aliphatic rings. The van der Waals surface area contributed by atoms with E-state index in [-0.39, 0.29) is 23.3 Å². The number of fused-ring (bicyclic) bond motifs is 1. The summed E-state index contributed by atoms with van der Waals surface area (Å²) in [6, 6.07) is 12.4. The first kappa shape index (κ1) is 21.3. The molecule has 2 aromatic rings. The molecule has 1 saturated heterocycles. The summed E-state index contributed by atoms with van der Waals surface area (Å²) in [7, 11) is -1.99. The molecule has 1 unspecified atom stereocenters. The highest BCUT2D eigenvalue weighted by molar-refractivity contribution is 9.10. The predicted octanol–water partition coefficient (Wildman–Crippen LogP) is 3.84. The molecule has 6 nitrogen and oxygen atoms in total. The van der Waals surface area contributed by atoms with Crippen LogP contribution in [0.15, 0.2) is 51.8 Å². The number of sulfonamides is 1. The highest BCUT2D eigenvalue weighted by Crippen LogP contribution is 2.33. The summed E-state index contributed by atoms with van der Waals surface area (Å²) >= 11 is 3.34. The van der Waals surface area contributed by atoms with Crippen LogP contribution in [0.5, 0.6) is 5.75 Å². The normalized spacial score (nSPS) is 19.9. The molecule has 0 N–H and O–H groups in total.